The summed E-state index contributed by atoms with van der Waals surface area (Å²) in [5.74, 6) is 0.451. The van der Waals surface area contributed by atoms with E-state index in [0.717, 1.165) is 10.5 Å². The molecule has 0 saturated heterocycles. The van der Waals surface area contributed by atoms with Crippen LogP contribution in [0.3, 0.4) is 0 Å². The Labute approximate surface area is 120 Å². The van der Waals surface area contributed by atoms with Crippen LogP contribution in [0.2, 0.25) is 0 Å². The number of nitrogens with zero attached hydrogens (tertiary/aromatic N) is 2. The van der Waals surface area contributed by atoms with Gasteiger partial charge in [0.2, 0.25) is 5.91 Å². The maximum atomic E-state index is 11.0. The van der Waals surface area contributed by atoms with E-state index in [1.165, 1.54) is 11.8 Å². The lowest BCUT2D eigenvalue weighted by Crippen LogP contribution is -2.05. The number of nitrogens with one attached hydrogen (secondary N) is 1. The Kier molecular flexibility index (Phi) is 3.43. The highest BCUT2D eigenvalue weighted by Gasteiger charge is 2.04. The van der Waals surface area contributed by atoms with E-state index in [0.29, 0.717) is 5.82 Å². The summed E-state index contributed by atoms with van der Waals surface area (Å²) in [4.78, 5) is 17.7. The van der Waals surface area contributed by atoms with Crippen molar-refractivity contribution in [2.24, 2.45) is 0 Å². The fourth-order valence-electron chi connectivity index (χ4n) is 1.90. The van der Waals surface area contributed by atoms with Crippen LogP contribution in [0, 0.1) is 0 Å². The molecule has 0 radical (unpaired) electrons. The van der Waals surface area contributed by atoms with Gasteiger partial charge in [-0.15, -0.1) is 0 Å². The third-order valence-corrected chi connectivity index (χ3v) is 3.69. The van der Waals surface area contributed by atoms with Crippen molar-refractivity contribution in [2.45, 2.75) is 16.7 Å². The predicted octanol–water partition coefficient (Wildman–Crippen LogP) is 3.44. The summed E-state index contributed by atoms with van der Waals surface area (Å²) >= 11 is 1.69. The predicted molar refractivity (Wildman–Crippen MR) is 80.1 cm³/mol. The number of fused-ring (bicyclic) bond motifs is 1. The van der Waals surface area contributed by atoms with Crippen LogP contribution in [-0.2, 0) is 4.79 Å². The summed E-state index contributed by atoms with van der Waals surface area (Å²) in [6, 6.07) is 14.2. The molecule has 1 aromatic carbocycles. The highest BCUT2D eigenvalue weighted by molar-refractivity contribution is 7.99. The Hall–Kier alpha value is -2.27. The summed E-state index contributed by atoms with van der Waals surface area (Å²) in [5, 5.41) is 2.69. The normalized spacial score (nSPS) is 10.7. The van der Waals surface area contributed by atoms with Gasteiger partial charge in [-0.2, -0.15) is 0 Å². The summed E-state index contributed by atoms with van der Waals surface area (Å²) in [7, 11) is 0. The second-order valence-electron chi connectivity index (χ2n) is 4.35. The highest BCUT2D eigenvalue weighted by atomic mass is 32.2. The van der Waals surface area contributed by atoms with Gasteiger partial charge in [-0.05, 0) is 24.3 Å². The van der Waals surface area contributed by atoms with Crippen molar-refractivity contribution in [1.82, 2.24) is 9.38 Å². The van der Waals surface area contributed by atoms with E-state index in [1.54, 1.807) is 11.8 Å². The molecular formula is C15H13N3OS. The van der Waals surface area contributed by atoms with Gasteiger partial charge in [0.15, 0.2) is 5.82 Å². The van der Waals surface area contributed by atoms with E-state index in [-0.39, 0.29) is 5.91 Å². The molecule has 0 fully saturated rings. The first-order valence-electron chi connectivity index (χ1n) is 6.20. The number of hydrogen-bond donors (Lipinski definition) is 1. The molecule has 0 unspecified atom stereocenters. The molecule has 2 heterocycles. The molecule has 3 rings (SSSR count). The highest BCUT2D eigenvalue weighted by Crippen LogP contribution is 2.27. The molecule has 20 heavy (non-hydrogen) atoms. The molecule has 100 valence electrons. The fourth-order valence-corrected chi connectivity index (χ4v) is 2.76. The average Bonchev–Trinajstić information content (AvgIpc) is 2.80. The lowest BCUT2D eigenvalue weighted by Gasteiger charge is -2.01. The smallest absolute Gasteiger partial charge is 0.222 e. The van der Waals surface area contributed by atoms with Gasteiger partial charge in [-0.3, -0.25) is 4.79 Å². The minimum atomic E-state index is -0.118. The number of carbonyl (C=O) groups is 1. The molecule has 0 bridgehead atoms. The van der Waals surface area contributed by atoms with Crippen molar-refractivity contribution >= 4 is 29.1 Å². The van der Waals surface area contributed by atoms with Gasteiger partial charge < -0.3 is 9.72 Å². The lowest BCUT2D eigenvalue weighted by molar-refractivity contribution is -0.114. The fraction of sp³-hybridized carbons (Fsp3) is 0.0667. The number of imidazole rings is 1. The van der Waals surface area contributed by atoms with Gasteiger partial charge in [0, 0.05) is 22.9 Å². The van der Waals surface area contributed by atoms with E-state index in [2.05, 4.69) is 22.4 Å². The molecule has 0 atom stereocenters. The maximum Gasteiger partial charge on any atom is 0.222 e. The van der Waals surface area contributed by atoms with Crippen LogP contribution in [0.25, 0.3) is 5.65 Å². The summed E-state index contributed by atoms with van der Waals surface area (Å²) in [6.45, 7) is 1.47. The van der Waals surface area contributed by atoms with Crippen LogP contribution >= 0.6 is 11.8 Å². The first-order valence-corrected chi connectivity index (χ1v) is 7.01. The molecule has 1 N–H and O–H groups in total. The number of aromatic nitrogens is 2. The Bertz CT molecular complexity index is 752. The zero-order valence-corrected chi connectivity index (χ0v) is 11.7. The SMILES string of the molecule is CC(=O)Nc1cn2cc(Sc3ccccc3)ccc2n1. The van der Waals surface area contributed by atoms with Gasteiger partial charge in [0.25, 0.3) is 0 Å². The first-order chi connectivity index (χ1) is 9.70. The second kappa shape index (κ2) is 5.38. The van der Waals surface area contributed by atoms with Crippen molar-refractivity contribution in [3.05, 3.63) is 54.9 Å². The quantitative estimate of drug-likeness (QED) is 0.801. The number of anilines is 1. The Balaban J connectivity index is 1.88. The molecule has 0 spiro atoms. The summed E-state index contributed by atoms with van der Waals surface area (Å²) in [6.07, 6.45) is 3.82. The second-order valence-corrected chi connectivity index (χ2v) is 5.50. The molecule has 2 aromatic heterocycles. The van der Waals surface area contributed by atoms with Gasteiger partial charge in [0.1, 0.15) is 5.65 Å². The number of rotatable bonds is 3. The molecule has 1 amide bonds. The van der Waals surface area contributed by atoms with Crippen LogP contribution in [0.1, 0.15) is 6.92 Å². The van der Waals surface area contributed by atoms with E-state index < -0.39 is 0 Å². The molecular weight excluding hydrogens is 270 g/mol. The Morgan fingerprint density at radius 1 is 1.10 bits per heavy atom. The average molecular weight is 283 g/mol. The van der Waals surface area contributed by atoms with Crippen molar-refractivity contribution < 1.29 is 4.79 Å². The van der Waals surface area contributed by atoms with Gasteiger partial charge >= 0.3 is 0 Å². The van der Waals surface area contributed by atoms with Crippen LogP contribution in [0.4, 0.5) is 5.82 Å². The van der Waals surface area contributed by atoms with E-state index in [9.17, 15) is 4.79 Å². The van der Waals surface area contributed by atoms with Crippen molar-refractivity contribution in [3.8, 4) is 0 Å². The van der Waals surface area contributed by atoms with Crippen LogP contribution in [0.5, 0.6) is 0 Å². The topological polar surface area (TPSA) is 46.4 Å². The Morgan fingerprint density at radius 3 is 2.65 bits per heavy atom. The monoisotopic (exact) mass is 283 g/mol. The zero-order valence-electron chi connectivity index (χ0n) is 10.9. The van der Waals surface area contributed by atoms with Gasteiger partial charge in [-0.25, -0.2) is 4.98 Å². The Morgan fingerprint density at radius 2 is 1.90 bits per heavy atom. The molecule has 0 aliphatic heterocycles. The third kappa shape index (κ3) is 2.83. The largest absolute Gasteiger partial charge is 0.310 e. The van der Waals surface area contributed by atoms with Crippen LogP contribution in [0.15, 0.2) is 64.6 Å². The lowest BCUT2D eigenvalue weighted by atomic mass is 10.4. The molecule has 0 aliphatic carbocycles. The summed E-state index contributed by atoms with van der Waals surface area (Å²) in [5.41, 5.74) is 0.811. The van der Waals surface area contributed by atoms with Crippen LogP contribution in [-0.4, -0.2) is 15.3 Å². The number of benzene rings is 1. The number of carbonyl (C=O) groups excluding carboxylic acids is 1. The van der Waals surface area contributed by atoms with E-state index in [4.69, 9.17) is 0 Å². The van der Waals surface area contributed by atoms with Gasteiger partial charge in [-0.1, -0.05) is 30.0 Å². The zero-order chi connectivity index (χ0) is 13.9. The van der Waals surface area contributed by atoms with Crippen molar-refractivity contribution in [1.29, 1.82) is 0 Å². The minimum absolute atomic E-state index is 0.118. The standard InChI is InChI=1S/C15H13N3OS/c1-11(19)16-14-10-18-9-13(7-8-15(18)17-14)20-12-5-3-2-4-6-12/h2-10H,1H3,(H,16,19). The first kappa shape index (κ1) is 12.7. The van der Waals surface area contributed by atoms with Crippen molar-refractivity contribution in [3.63, 3.8) is 0 Å². The summed E-state index contributed by atoms with van der Waals surface area (Å²) < 4.78 is 1.91. The van der Waals surface area contributed by atoms with Gasteiger partial charge in [0.05, 0.1) is 6.20 Å². The molecule has 4 nitrogen and oxygen atoms in total. The van der Waals surface area contributed by atoms with E-state index >= 15 is 0 Å². The molecule has 5 heteroatoms. The number of amides is 1. The van der Waals surface area contributed by atoms with Crippen molar-refractivity contribution in [2.75, 3.05) is 5.32 Å². The minimum Gasteiger partial charge on any atom is -0.310 e. The molecule has 0 saturated carbocycles. The molecule has 3 aromatic rings. The van der Waals surface area contributed by atoms with Crippen LogP contribution < -0.4 is 5.32 Å². The number of hydrogen-bond acceptors (Lipinski definition) is 3. The number of pyridine rings is 1. The maximum absolute atomic E-state index is 11.0. The molecule has 0 aliphatic rings. The van der Waals surface area contributed by atoms with E-state index in [1.807, 2.05) is 47.1 Å². The third-order valence-electron chi connectivity index (χ3n) is 2.71.